The van der Waals surface area contributed by atoms with Gasteiger partial charge in [-0.1, -0.05) is 15.9 Å². The second-order valence-corrected chi connectivity index (χ2v) is 5.58. The van der Waals surface area contributed by atoms with Gasteiger partial charge in [-0.2, -0.15) is 0 Å². The molecule has 19 heavy (non-hydrogen) atoms. The lowest BCUT2D eigenvalue weighted by Crippen LogP contribution is -2.42. The highest BCUT2D eigenvalue weighted by molar-refractivity contribution is 9.10. The van der Waals surface area contributed by atoms with Crippen molar-refractivity contribution in [2.75, 3.05) is 18.8 Å². The average Bonchev–Trinajstić information content (AvgIpc) is 2.38. The molecule has 0 unspecified atom stereocenters. The number of halogens is 1. The van der Waals surface area contributed by atoms with E-state index in [1.165, 1.54) is 0 Å². The number of piperidine rings is 1. The van der Waals surface area contributed by atoms with Crippen LogP contribution in [-0.4, -0.2) is 35.0 Å². The fourth-order valence-corrected chi connectivity index (χ4v) is 2.64. The average molecular weight is 327 g/mol. The van der Waals surface area contributed by atoms with Crippen LogP contribution in [0, 0.1) is 5.92 Å². The first-order chi connectivity index (χ1) is 8.99. The molecule has 1 heterocycles. The summed E-state index contributed by atoms with van der Waals surface area (Å²) in [6.45, 7) is 0.835. The number of carboxylic acids is 1. The second-order valence-electron chi connectivity index (χ2n) is 4.66. The Morgan fingerprint density at radius 3 is 2.79 bits per heavy atom. The summed E-state index contributed by atoms with van der Waals surface area (Å²) < 4.78 is 0.809. The first kappa shape index (κ1) is 13.9. The Bertz CT molecular complexity index is 519. The minimum atomic E-state index is -0.846. The van der Waals surface area contributed by atoms with Crippen molar-refractivity contribution in [2.24, 2.45) is 5.92 Å². The predicted molar refractivity (Wildman–Crippen MR) is 74.8 cm³/mol. The molecule has 1 saturated heterocycles. The zero-order valence-corrected chi connectivity index (χ0v) is 11.9. The Balaban J connectivity index is 2.17. The summed E-state index contributed by atoms with van der Waals surface area (Å²) in [6, 6.07) is 5.08. The lowest BCUT2D eigenvalue weighted by molar-refractivity contribution is -0.143. The van der Waals surface area contributed by atoms with E-state index in [-0.39, 0.29) is 12.5 Å². The molecule has 3 N–H and O–H groups in total. The molecule has 1 aliphatic rings. The molecule has 0 saturated carbocycles. The van der Waals surface area contributed by atoms with E-state index in [0.717, 1.165) is 4.47 Å². The van der Waals surface area contributed by atoms with Crippen LogP contribution in [0.15, 0.2) is 22.7 Å². The highest BCUT2D eigenvalue weighted by Crippen LogP contribution is 2.23. The Morgan fingerprint density at radius 2 is 2.16 bits per heavy atom. The number of hydrogen-bond acceptors (Lipinski definition) is 3. The molecule has 0 aliphatic carbocycles. The molecular weight excluding hydrogens is 312 g/mol. The number of carbonyl (C=O) groups is 2. The fraction of sp³-hybridized carbons (Fsp3) is 0.385. The predicted octanol–water partition coefficient (Wildman–Crippen LogP) is 1.97. The van der Waals surface area contributed by atoms with Gasteiger partial charge >= 0.3 is 5.97 Å². The van der Waals surface area contributed by atoms with Crippen molar-refractivity contribution in [1.29, 1.82) is 0 Å². The number of rotatable bonds is 2. The number of nitrogens with zero attached hydrogens (tertiary/aromatic N) is 1. The molecule has 1 atom stereocenters. The van der Waals surface area contributed by atoms with Gasteiger partial charge in [0.15, 0.2) is 0 Å². The zero-order valence-electron chi connectivity index (χ0n) is 10.3. The third kappa shape index (κ3) is 3.07. The molecular formula is C13H15BrN2O3. The van der Waals surface area contributed by atoms with E-state index in [1.54, 1.807) is 23.1 Å². The van der Waals surface area contributed by atoms with Crippen molar-refractivity contribution in [3.05, 3.63) is 28.2 Å². The van der Waals surface area contributed by atoms with Crippen molar-refractivity contribution in [1.82, 2.24) is 4.90 Å². The summed E-state index contributed by atoms with van der Waals surface area (Å²) in [6.07, 6.45) is 1.33. The maximum absolute atomic E-state index is 12.3. The van der Waals surface area contributed by atoms with E-state index in [2.05, 4.69) is 15.9 Å². The smallest absolute Gasteiger partial charge is 0.308 e. The molecule has 0 aromatic heterocycles. The minimum Gasteiger partial charge on any atom is -0.481 e. The van der Waals surface area contributed by atoms with Crippen LogP contribution in [0.2, 0.25) is 0 Å². The largest absolute Gasteiger partial charge is 0.481 e. The highest BCUT2D eigenvalue weighted by Gasteiger charge is 2.29. The third-order valence-corrected chi connectivity index (χ3v) is 3.80. The molecule has 1 aromatic rings. The maximum Gasteiger partial charge on any atom is 0.308 e. The molecule has 1 amide bonds. The Kier molecular flexibility index (Phi) is 4.09. The van der Waals surface area contributed by atoms with Crippen LogP contribution in [0.1, 0.15) is 23.2 Å². The van der Waals surface area contributed by atoms with Crippen LogP contribution in [0.25, 0.3) is 0 Å². The molecule has 1 aliphatic heterocycles. The van der Waals surface area contributed by atoms with Gasteiger partial charge in [-0.3, -0.25) is 9.59 Å². The normalized spacial score (nSPS) is 19.2. The number of likely N-dealkylation sites (tertiary alicyclic amines) is 1. The standard InChI is InChI=1S/C13H15BrN2O3/c14-9-3-4-10(11(15)6-9)12(17)16-5-1-2-8(7-16)13(18)19/h3-4,6,8H,1-2,5,7,15H2,(H,18,19)/t8-/m0/s1. The summed E-state index contributed by atoms with van der Waals surface area (Å²) in [5.74, 6) is -1.52. The Hall–Kier alpha value is -1.56. The van der Waals surface area contributed by atoms with Crippen LogP contribution >= 0.6 is 15.9 Å². The van der Waals surface area contributed by atoms with Crippen molar-refractivity contribution in [3.8, 4) is 0 Å². The monoisotopic (exact) mass is 326 g/mol. The number of benzene rings is 1. The van der Waals surface area contributed by atoms with Crippen LogP contribution < -0.4 is 5.73 Å². The molecule has 5 nitrogen and oxygen atoms in total. The Labute approximate surface area is 119 Å². The lowest BCUT2D eigenvalue weighted by Gasteiger charge is -2.31. The number of hydrogen-bond donors (Lipinski definition) is 2. The summed E-state index contributed by atoms with van der Waals surface area (Å²) in [5, 5.41) is 9.03. The Morgan fingerprint density at radius 1 is 1.42 bits per heavy atom. The van der Waals surface area contributed by atoms with E-state index < -0.39 is 11.9 Å². The van der Waals surface area contributed by atoms with Gasteiger partial charge in [-0.25, -0.2) is 0 Å². The topological polar surface area (TPSA) is 83.6 Å². The summed E-state index contributed by atoms with van der Waals surface area (Å²) in [5.41, 5.74) is 6.65. The number of aliphatic carboxylic acids is 1. The van der Waals surface area contributed by atoms with Crippen molar-refractivity contribution in [3.63, 3.8) is 0 Å². The number of anilines is 1. The van der Waals surface area contributed by atoms with Gasteiger partial charge in [-0.05, 0) is 31.0 Å². The molecule has 6 heteroatoms. The van der Waals surface area contributed by atoms with E-state index in [9.17, 15) is 9.59 Å². The van der Waals surface area contributed by atoms with Gasteiger partial charge in [-0.15, -0.1) is 0 Å². The van der Waals surface area contributed by atoms with E-state index in [0.29, 0.717) is 30.6 Å². The summed E-state index contributed by atoms with van der Waals surface area (Å²) in [4.78, 5) is 24.9. The zero-order chi connectivity index (χ0) is 14.0. The van der Waals surface area contributed by atoms with Crippen molar-refractivity contribution >= 4 is 33.5 Å². The molecule has 0 radical (unpaired) electrons. The molecule has 2 rings (SSSR count). The maximum atomic E-state index is 12.3. The lowest BCUT2D eigenvalue weighted by atomic mass is 9.97. The fourth-order valence-electron chi connectivity index (χ4n) is 2.26. The molecule has 102 valence electrons. The van der Waals surface area contributed by atoms with Gasteiger partial charge in [0.05, 0.1) is 11.5 Å². The molecule has 1 aromatic carbocycles. The number of nitrogens with two attached hydrogens (primary N) is 1. The van der Waals surface area contributed by atoms with Crippen molar-refractivity contribution < 1.29 is 14.7 Å². The van der Waals surface area contributed by atoms with Gasteiger partial charge in [0.25, 0.3) is 5.91 Å². The van der Waals surface area contributed by atoms with Crippen LogP contribution in [-0.2, 0) is 4.79 Å². The molecule has 1 fully saturated rings. The number of amides is 1. The van der Waals surface area contributed by atoms with Crippen LogP contribution in [0.5, 0.6) is 0 Å². The van der Waals surface area contributed by atoms with Gasteiger partial charge in [0.1, 0.15) is 0 Å². The molecule has 0 spiro atoms. The summed E-state index contributed by atoms with van der Waals surface area (Å²) >= 11 is 3.29. The third-order valence-electron chi connectivity index (χ3n) is 3.30. The van der Waals surface area contributed by atoms with Crippen LogP contribution in [0.3, 0.4) is 0 Å². The second kappa shape index (κ2) is 5.61. The SMILES string of the molecule is Nc1cc(Br)ccc1C(=O)N1CCC[C@H](C(=O)O)C1. The highest BCUT2D eigenvalue weighted by atomic mass is 79.9. The van der Waals surface area contributed by atoms with E-state index >= 15 is 0 Å². The summed E-state index contributed by atoms with van der Waals surface area (Å²) in [7, 11) is 0. The quantitative estimate of drug-likeness (QED) is 0.814. The molecule has 0 bridgehead atoms. The number of carboxylic acid groups (broad SMARTS) is 1. The van der Waals surface area contributed by atoms with Crippen LogP contribution in [0.4, 0.5) is 5.69 Å². The number of nitrogen functional groups attached to an aromatic ring is 1. The first-order valence-electron chi connectivity index (χ1n) is 6.06. The van der Waals surface area contributed by atoms with Gasteiger partial charge in [0, 0.05) is 23.2 Å². The van der Waals surface area contributed by atoms with E-state index in [1.807, 2.05) is 0 Å². The van der Waals surface area contributed by atoms with Gasteiger partial charge in [0.2, 0.25) is 0 Å². The number of carbonyl (C=O) groups excluding carboxylic acids is 1. The van der Waals surface area contributed by atoms with Crippen molar-refractivity contribution in [2.45, 2.75) is 12.8 Å². The first-order valence-corrected chi connectivity index (χ1v) is 6.85. The minimum absolute atomic E-state index is 0.198. The van der Waals surface area contributed by atoms with Gasteiger partial charge < -0.3 is 15.7 Å². The van der Waals surface area contributed by atoms with E-state index in [4.69, 9.17) is 10.8 Å².